The Hall–Kier alpha value is -0.710. The molecule has 1 fully saturated rings. The quantitative estimate of drug-likeness (QED) is 0.823. The number of rotatable bonds is 2. The molecule has 5 heteroatoms. The van der Waals surface area contributed by atoms with Crippen molar-refractivity contribution in [3.63, 3.8) is 0 Å². The van der Waals surface area contributed by atoms with E-state index in [1.54, 1.807) is 18.2 Å². The second kappa shape index (κ2) is 6.16. The van der Waals surface area contributed by atoms with E-state index in [1.165, 1.54) is 0 Å². The molecule has 1 amide bonds. The number of piperidine rings is 1. The summed E-state index contributed by atoms with van der Waals surface area (Å²) < 4.78 is 0. The van der Waals surface area contributed by atoms with Gasteiger partial charge in [-0.05, 0) is 44.1 Å². The van der Waals surface area contributed by atoms with Gasteiger partial charge in [-0.2, -0.15) is 0 Å². The van der Waals surface area contributed by atoms with Crippen molar-refractivity contribution in [3.8, 4) is 0 Å². The van der Waals surface area contributed by atoms with Crippen molar-refractivity contribution in [3.05, 3.63) is 28.8 Å². The van der Waals surface area contributed by atoms with E-state index < -0.39 is 0 Å². The summed E-state index contributed by atoms with van der Waals surface area (Å²) in [6.07, 6.45) is 0.974. The molecule has 1 N–H and O–H groups in total. The summed E-state index contributed by atoms with van der Waals surface area (Å²) in [4.78, 5) is 15.3. The van der Waals surface area contributed by atoms with Gasteiger partial charge in [0.15, 0.2) is 0 Å². The van der Waals surface area contributed by atoms with Gasteiger partial charge in [-0.1, -0.05) is 18.5 Å². The Morgan fingerprint density at radius 2 is 2.26 bits per heavy atom. The highest BCUT2D eigenvalue weighted by Gasteiger charge is 2.26. The minimum atomic E-state index is -0.109. The van der Waals surface area contributed by atoms with Crippen LogP contribution in [0.15, 0.2) is 23.1 Å². The molecule has 1 aliphatic heterocycles. The number of hydrogen-bond donors (Lipinski definition) is 2. The molecule has 1 aromatic rings. The minimum Gasteiger partial charge on any atom is -0.349 e. The maximum Gasteiger partial charge on any atom is 0.253 e. The molecule has 0 saturated carbocycles. The van der Waals surface area contributed by atoms with E-state index >= 15 is 0 Å². The number of hydrogen-bond acceptors (Lipinski definition) is 3. The Morgan fingerprint density at radius 1 is 1.53 bits per heavy atom. The first-order valence-corrected chi connectivity index (χ1v) is 7.28. The van der Waals surface area contributed by atoms with Crippen LogP contribution in [0.2, 0.25) is 5.02 Å². The van der Waals surface area contributed by atoms with Crippen molar-refractivity contribution in [1.82, 2.24) is 10.2 Å². The first-order chi connectivity index (χ1) is 8.97. The first-order valence-electron chi connectivity index (χ1n) is 6.45. The Bertz CT molecular complexity index is 481. The van der Waals surface area contributed by atoms with Crippen molar-refractivity contribution >= 4 is 30.1 Å². The lowest BCUT2D eigenvalue weighted by atomic mass is 9.94. The molecule has 1 heterocycles. The maximum absolute atomic E-state index is 12.3. The van der Waals surface area contributed by atoms with Gasteiger partial charge >= 0.3 is 0 Å². The van der Waals surface area contributed by atoms with Gasteiger partial charge in [0.1, 0.15) is 0 Å². The largest absolute Gasteiger partial charge is 0.349 e. The Morgan fingerprint density at radius 3 is 2.95 bits per heavy atom. The zero-order chi connectivity index (χ0) is 14.0. The zero-order valence-corrected chi connectivity index (χ0v) is 12.8. The van der Waals surface area contributed by atoms with E-state index in [9.17, 15) is 4.79 Å². The minimum absolute atomic E-state index is 0.109. The standard InChI is InChI=1S/C14H19ClN2OS/c1-9-8-17(2)6-5-13(9)16-14(18)11-7-10(19)3-4-12(11)15/h3-4,7,9,13,19H,5-6,8H2,1-2H3,(H,16,18). The van der Waals surface area contributed by atoms with E-state index in [-0.39, 0.29) is 11.9 Å². The highest BCUT2D eigenvalue weighted by Crippen LogP contribution is 2.21. The monoisotopic (exact) mass is 298 g/mol. The second-order valence-corrected chi connectivity index (χ2v) is 6.20. The Kier molecular flexibility index (Phi) is 4.76. The van der Waals surface area contributed by atoms with Crippen LogP contribution in [-0.2, 0) is 0 Å². The average molecular weight is 299 g/mol. The van der Waals surface area contributed by atoms with Gasteiger partial charge < -0.3 is 10.2 Å². The molecule has 1 saturated heterocycles. The fourth-order valence-electron chi connectivity index (χ4n) is 2.50. The number of carbonyl (C=O) groups excluding carboxylic acids is 1. The number of nitrogens with one attached hydrogen (secondary N) is 1. The fourth-order valence-corrected chi connectivity index (χ4v) is 2.91. The third kappa shape index (κ3) is 3.65. The summed E-state index contributed by atoms with van der Waals surface area (Å²) in [7, 11) is 2.11. The smallest absolute Gasteiger partial charge is 0.253 e. The van der Waals surface area contributed by atoms with Crippen molar-refractivity contribution in [2.45, 2.75) is 24.3 Å². The summed E-state index contributed by atoms with van der Waals surface area (Å²) in [6, 6.07) is 5.40. The Labute approximate surface area is 124 Å². The summed E-state index contributed by atoms with van der Waals surface area (Å²) >= 11 is 10.3. The second-order valence-electron chi connectivity index (χ2n) is 5.27. The predicted molar refractivity (Wildman–Crippen MR) is 81.2 cm³/mol. The summed E-state index contributed by atoms with van der Waals surface area (Å²) in [6.45, 7) is 4.18. The van der Waals surface area contributed by atoms with Crippen molar-refractivity contribution in [2.75, 3.05) is 20.1 Å². The van der Waals surface area contributed by atoms with Gasteiger partial charge in [0, 0.05) is 17.5 Å². The molecule has 0 spiro atoms. The van der Waals surface area contributed by atoms with Crippen molar-refractivity contribution in [1.29, 1.82) is 0 Å². The van der Waals surface area contributed by atoms with Crippen LogP contribution in [0.1, 0.15) is 23.7 Å². The van der Waals surface area contributed by atoms with E-state index in [4.69, 9.17) is 11.6 Å². The van der Waals surface area contributed by atoms with Gasteiger partial charge in [0.05, 0.1) is 10.6 Å². The van der Waals surface area contributed by atoms with Gasteiger partial charge in [0.25, 0.3) is 5.91 Å². The van der Waals surface area contributed by atoms with E-state index in [1.807, 2.05) is 0 Å². The molecular formula is C14H19ClN2OS. The number of likely N-dealkylation sites (tertiary alicyclic amines) is 1. The fraction of sp³-hybridized carbons (Fsp3) is 0.500. The van der Waals surface area contributed by atoms with E-state index in [0.29, 0.717) is 16.5 Å². The van der Waals surface area contributed by atoms with Crippen LogP contribution in [0.5, 0.6) is 0 Å². The Balaban J connectivity index is 2.06. The molecule has 2 unspecified atom stereocenters. The van der Waals surface area contributed by atoms with Crippen LogP contribution < -0.4 is 5.32 Å². The van der Waals surface area contributed by atoms with Crippen LogP contribution >= 0.6 is 24.2 Å². The van der Waals surface area contributed by atoms with Crippen molar-refractivity contribution < 1.29 is 4.79 Å². The van der Waals surface area contributed by atoms with Crippen LogP contribution in [0.4, 0.5) is 0 Å². The molecule has 3 nitrogen and oxygen atoms in total. The van der Waals surface area contributed by atoms with Gasteiger partial charge in [-0.15, -0.1) is 12.6 Å². The molecule has 104 valence electrons. The molecule has 0 radical (unpaired) electrons. The third-order valence-electron chi connectivity index (χ3n) is 3.62. The van der Waals surface area contributed by atoms with Gasteiger partial charge in [-0.25, -0.2) is 0 Å². The van der Waals surface area contributed by atoms with E-state index in [2.05, 4.69) is 36.8 Å². The maximum atomic E-state index is 12.3. The molecule has 2 rings (SSSR count). The molecule has 1 aromatic carbocycles. The molecule has 0 aromatic heterocycles. The van der Waals surface area contributed by atoms with Crippen molar-refractivity contribution in [2.24, 2.45) is 5.92 Å². The SMILES string of the molecule is CC1CN(C)CCC1NC(=O)c1cc(S)ccc1Cl. The number of nitrogens with zero attached hydrogens (tertiary/aromatic N) is 1. The van der Waals surface area contributed by atoms with Crippen LogP contribution in [-0.4, -0.2) is 37.0 Å². The molecular weight excluding hydrogens is 280 g/mol. The number of thiol groups is 1. The van der Waals surface area contributed by atoms with Gasteiger partial charge in [0.2, 0.25) is 0 Å². The van der Waals surface area contributed by atoms with Gasteiger partial charge in [-0.3, -0.25) is 4.79 Å². The molecule has 1 aliphatic rings. The summed E-state index contributed by atoms with van der Waals surface area (Å²) in [5, 5.41) is 3.56. The topological polar surface area (TPSA) is 32.3 Å². The summed E-state index contributed by atoms with van der Waals surface area (Å²) in [5.74, 6) is 0.336. The first kappa shape index (κ1) is 14.7. The number of carbonyl (C=O) groups is 1. The molecule has 0 aliphatic carbocycles. The highest BCUT2D eigenvalue weighted by molar-refractivity contribution is 7.80. The molecule has 19 heavy (non-hydrogen) atoms. The van der Waals surface area contributed by atoms with Crippen LogP contribution in [0, 0.1) is 5.92 Å². The molecule has 2 atom stereocenters. The lowest BCUT2D eigenvalue weighted by molar-refractivity contribution is 0.0884. The average Bonchev–Trinajstić information content (AvgIpc) is 2.35. The lowest BCUT2D eigenvalue weighted by Gasteiger charge is -2.35. The number of amides is 1. The highest BCUT2D eigenvalue weighted by atomic mass is 35.5. The summed E-state index contributed by atoms with van der Waals surface area (Å²) in [5.41, 5.74) is 0.500. The number of benzene rings is 1. The zero-order valence-electron chi connectivity index (χ0n) is 11.2. The van der Waals surface area contributed by atoms with E-state index in [0.717, 1.165) is 24.4 Å². The molecule has 0 bridgehead atoms. The van der Waals surface area contributed by atoms with Crippen LogP contribution in [0.25, 0.3) is 0 Å². The lowest BCUT2D eigenvalue weighted by Crippen LogP contribution is -2.48. The number of halogens is 1. The normalized spacial score (nSPS) is 24.2. The van der Waals surface area contributed by atoms with Crippen LogP contribution in [0.3, 0.4) is 0 Å². The predicted octanol–water partition coefficient (Wildman–Crippen LogP) is 2.70. The third-order valence-corrected chi connectivity index (χ3v) is 4.23.